The summed E-state index contributed by atoms with van der Waals surface area (Å²) in [5.41, 5.74) is 2.86. The first-order chi connectivity index (χ1) is 9.25. The number of carbonyl (C=O) groups is 1. The molecule has 1 aromatic heterocycles. The van der Waals surface area contributed by atoms with Crippen molar-refractivity contribution < 1.29 is 4.79 Å². The van der Waals surface area contributed by atoms with Crippen LogP contribution in [0.4, 0.5) is 10.5 Å². The number of carbonyl (C=O) groups excluding carboxylic acids is 1. The first-order valence-corrected chi connectivity index (χ1v) is 6.10. The molecule has 0 bridgehead atoms. The summed E-state index contributed by atoms with van der Waals surface area (Å²) < 4.78 is 0. The Labute approximate surface area is 112 Å². The van der Waals surface area contributed by atoms with Crippen LogP contribution in [0.15, 0.2) is 43.0 Å². The molecule has 0 aliphatic rings. The summed E-state index contributed by atoms with van der Waals surface area (Å²) >= 11 is 0. The molecule has 0 atom stereocenters. The average molecular weight is 256 g/mol. The average Bonchev–Trinajstić information content (AvgIpc) is 2.43. The second-order valence-electron chi connectivity index (χ2n) is 4.19. The third kappa shape index (κ3) is 4.06. The number of aromatic nitrogens is 2. The van der Waals surface area contributed by atoms with Crippen LogP contribution >= 0.6 is 0 Å². The number of rotatable bonds is 4. The summed E-state index contributed by atoms with van der Waals surface area (Å²) in [7, 11) is 0. The third-order valence-electron chi connectivity index (χ3n) is 2.71. The highest BCUT2D eigenvalue weighted by molar-refractivity contribution is 5.89. The Hall–Kier alpha value is -2.43. The molecular weight excluding hydrogens is 240 g/mol. The quantitative estimate of drug-likeness (QED) is 0.880. The molecule has 19 heavy (non-hydrogen) atoms. The van der Waals surface area contributed by atoms with E-state index in [1.165, 1.54) is 6.33 Å². The maximum absolute atomic E-state index is 11.7. The Kier molecular flexibility index (Phi) is 4.44. The Morgan fingerprint density at radius 1 is 1.21 bits per heavy atom. The van der Waals surface area contributed by atoms with Crippen molar-refractivity contribution in [2.24, 2.45) is 0 Å². The number of para-hydroxylation sites is 1. The lowest BCUT2D eigenvalue weighted by atomic mass is 10.2. The lowest BCUT2D eigenvalue weighted by Gasteiger charge is -2.09. The zero-order valence-electron chi connectivity index (χ0n) is 10.8. The van der Waals surface area contributed by atoms with E-state index in [4.69, 9.17) is 0 Å². The molecule has 0 fully saturated rings. The number of urea groups is 1. The maximum Gasteiger partial charge on any atom is 0.319 e. The minimum Gasteiger partial charge on any atom is -0.338 e. The summed E-state index contributed by atoms with van der Waals surface area (Å²) in [6.45, 7) is 2.50. The van der Waals surface area contributed by atoms with Gasteiger partial charge in [0.1, 0.15) is 6.33 Å². The highest BCUT2D eigenvalue weighted by atomic mass is 16.2. The largest absolute Gasteiger partial charge is 0.338 e. The van der Waals surface area contributed by atoms with Crippen molar-refractivity contribution in [2.45, 2.75) is 13.3 Å². The summed E-state index contributed by atoms with van der Waals surface area (Å²) in [6, 6.07) is 7.46. The fraction of sp³-hybridized carbons (Fsp3) is 0.214. The maximum atomic E-state index is 11.7. The van der Waals surface area contributed by atoms with Crippen molar-refractivity contribution >= 4 is 11.7 Å². The van der Waals surface area contributed by atoms with E-state index < -0.39 is 0 Å². The van der Waals surface area contributed by atoms with Crippen LogP contribution < -0.4 is 10.6 Å². The zero-order chi connectivity index (χ0) is 13.5. The van der Waals surface area contributed by atoms with Crippen molar-refractivity contribution in [2.75, 3.05) is 11.9 Å². The zero-order valence-corrected chi connectivity index (χ0v) is 10.8. The molecule has 0 spiro atoms. The van der Waals surface area contributed by atoms with Crippen molar-refractivity contribution in [3.8, 4) is 0 Å². The van der Waals surface area contributed by atoms with Gasteiger partial charge in [-0.15, -0.1) is 0 Å². The van der Waals surface area contributed by atoms with Gasteiger partial charge in [0.05, 0.1) is 0 Å². The number of benzene rings is 1. The molecule has 5 heteroatoms. The van der Waals surface area contributed by atoms with Crippen LogP contribution in [0.3, 0.4) is 0 Å². The lowest BCUT2D eigenvalue weighted by Crippen LogP contribution is -2.30. The molecule has 5 nitrogen and oxygen atoms in total. The van der Waals surface area contributed by atoms with Gasteiger partial charge >= 0.3 is 6.03 Å². The standard InChI is InChI=1S/C14H16N4O/c1-11-4-2-3-5-13(11)18-14(19)17-7-6-12-8-15-10-16-9-12/h2-5,8-10H,6-7H2,1H3,(H2,17,18,19). The Morgan fingerprint density at radius 3 is 2.68 bits per heavy atom. The minimum absolute atomic E-state index is 0.203. The number of nitrogens with one attached hydrogen (secondary N) is 2. The third-order valence-corrected chi connectivity index (χ3v) is 2.71. The first kappa shape index (κ1) is 13.0. The molecule has 98 valence electrons. The van der Waals surface area contributed by atoms with Crippen LogP contribution in [0.5, 0.6) is 0 Å². The molecule has 2 N–H and O–H groups in total. The van der Waals surface area contributed by atoms with Crippen LogP contribution in [0.1, 0.15) is 11.1 Å². The van der Waals surface area contributed by atoms with Gasteiger partial charge in [-0.25, -0.2) is 14.8 Å². The van der Waals surface area contributed by atoms with Crippen LogP contribution in [0.25, 0.3) is 0 Å². The number of anilines is 1. The first-order valence-electron chi connectivity index (χ1n) is 6.10. The van der Waals surface area contributed by atoms with Gasteiger partial charge in [-0.2, -0.15) is 0 Å². The molecule has 0 unspecified atom stereocenters. The monoisotopic (exact) mass is 256 g/mol. The Balaban J connectivity index is 1.78. The molecule has 0 aliphatic heterocycles. The summed E-state index contributed by atoms with van der Waals surface area (Å²) in [4.78, 5) is 19.5. The van der Waals surface area contributed by atoms with Crippen molar-refractivity contribution in [3.05, 3.63) is 54.1 Å². The van der Waals surface area contributed by atoms with Crippen LogP contribution in [0, 0.1) is 6.92 Å². The number of nitrogens with zero attached hydrogens (tertiary/aromatic N) is 2. The van der Waals surface area contributed by atoms with Crippen molar-refractivity contribution in [1.29, 1.82) is 0 Å². The molecule has 1 heterocycles. The molecule has 2 rings (SSSR count). The van der Waals surface area contributed by atoms with E-state index in [0.29, 0.717) is 13.0 Å². The Bertz CT molecular complexity index is 542. The van der Waals surface area contributed by atoms with E-state index in [1.807, 2.05) is 31.2 Å². The molecule has 1 aromatic carbocycles. The van der Waals surface area contributed by atoms with Gasteiger partial charge in [0, 0.05) is 24.6 Å². The molecule has 0 aliphatic carbocycles. The summed E-state index contributed by atoms with van der Waals surface area (Å²) in [6.07, 6.45) is 5.69. The summed E-state index contributed by atoms with van der Waals surface area (Å²) in [5.74, 6) is 0. The molecule has 0 radical (unpaired) electrons. The van der Waals surface area contributed by atoms with Crippen LogP contribution in [-0.4, -0.2) is 22.5 Å². The molecule has 2 amide bonds. The van der Waals surface area contributed by atoms with E-state index in [1.54, 1.807) is 12.4 Å². The van der Waals surface area contributed by atoms with E-state index in [0.717, 1.165) is 16.8 Å². The number of amides is 2. The molecular formula is C14H16N4O. The predicted molar refractivity (Wildman–Crippen MR) is 73.9 cm³/mol. The highest BCUT2D eigenvalue weighted by Gasteiger charge is 2.03. The van der Waals surface area contributed by atoms with Crippen molar-refractivity contribution in [1.82, 2.24) is 15.3 Å². The normalized spacial score (nSPS) is 9.95. The van der Waals surface area contributed by atoms with Gasteiger partial charge in [-0.05, 0) is 30.5 Å². The van der Waals surface area contributed by atoms with Gasteiger partial charge < -0.3 is 10.6 Å². The van der Waals surface area contributed by atoms with Gasteiger partial charge in [-0.1, -0.05) is 18.2 Å². The Morgan fingerprint density at radius 2 is 1.95 bits per heavy atom. The SMILES string of the molecule is Cc1ccccc1NC(=O)NCCc1cncnc1. The van der Waals surface area contributed by atoms with E-state index >= 15 is 0 Å². The minimum atomic E-state index is -0.203. The topological polar surface area (TPSA) is 66.9 Å². The van der Waals surface area contributed by atoms with Gasteiger partial charge in [0.15, 0.2) is 0 Å². The smallest absolute Gasteiger partial charge is 0.319 e. The highest BCUT2D eigenvalue weighted by Crippen LogP contribution is 2.12. The van der Waals surface area contributed by atoms with Gasteiger partial charge in [0.25, 0.3) is 0 Å². The lowest BCUT2D eigenvalue weighted by molar-refractivity contribution is 0.252. The second-order valence-corrected chi connectivity index (χ2v) is 4.19. The van der Waals surface area contributed by atoms with Gasteiger partial charge in [-0.3, -0.25) is 0 Å². The molecule has 0 saturated heterocycles. The van der Waals surface area contributed by atoms with Crippen molar-refractivity contribution in [3.63, 3.8) is 0 Å². The number of aryl methyl sites for hydroxylation is 1. The predicted octanol–water partition coefficient (Wildman–Crippen LogP) is 2.15. The summed E-state index contributed by atoms with van der Waals surface area (Å²) in [5, 5.41) is 5.62. The number of hydrogen-bond donors (Lipinski definition) is 2. The molecule has 0 saturated carbocycles. The van der Waals surface area contributed by atoms with Crippen LogP contribution in [-0.2, 0) is 6.42 Å². The van der Waals surface area contributed by atoms with Gasteiger partial charge in [0.2, 0.25) is 0 Å². The fourth-order valence-electron chi connectivity index (χ4n) is 1.66. The van der Waals surface area contributed by atoms with E-state index in [9.17, 15) is 4.79 Å². The number of hydrogen-bond acceptors (Lipinski definition) is 3. The van der Waals surface area contributed by atoms with E-state index in [-0.39, 0.29) is 6.03 Å². The van der Waals surface area contributed by atoms with E-state index in [2.05, 4.69) is 20.6 Å². The molecule has 2 aromatic rings. The van der Waals surface area contributed by atoms with Crippen LogP contribution in [0.2, 0.25) is 0 Å². The second kappa shape index (κ2) is 6.49. The fourth-order valence-corrected chi connectivity index (χ4v) is 1.66.